The molecule has 0 spiro atoms. The fourth-order valence-electron chi connectivity index (χ4n) is 8.86. The van der Waals surface area contributed by atoms with Crippen molar-refractivity contribution in [3.8, 4) is 11.9 Å². The Balaban J connectivity index is 1.24. The van der Waals surface area contributed by atoms with E-state index < -0.39 is 86.5 Å². The van der Waals surface area contributed by atoms with Crippen molar-refractivity contribution < 1.29 is 45.9 Å². The number of carbonyl (C=O) groups excluding carboxylic acids is 4. The van der Waals surface area contributed by atoms with Gasteiger partial charge in [-0.3, -0.25) is 19.1 Å². The first kappa shape index (κ1) is 42.5. The second-order valence-corrected chi connectivity index (χ2v) is 20.7. The maximum Gasteiger partial charge on any atom is 0.408 e. The monoisotopic (exact) mass is 841 g/mol. The minimum absolute atomic E-state index is 0.121. The molecule has 4 amide bonds. The predicted molar refractivity (Wildman–Crippen MR) is 209 cm³/mol. The van der Waals surface area contributed by atoms with Gasteiger partial charge < -0.3 is 25.0 Å². The highest BCUT2D eigenvalue weighted by molar-refractivity contribution is 7.91. The van der Waals surface area contributed by atoms with Gasteiger partial charge in [0.1, 0.15) is 35.5 Å². The van der Waals surface area contributed by atoms with Crippen LogP contribution in [-0.4, -0.2) is 94.6 Å². The van der Waals surface area contributed by atoms with Gasteiger partial charge in [0.25, 0.3) is 5.91 Å². The van der Waals surface area contributed by atoms with Crippen LogP contribution in [0.5, 0.6) is 5.88 Å². The lowest BCUT2D eigenvalue weighted by atomic mass is 9.85. The first-order valence-electron chi connectivity index (χ1n) is 20.6. The highest BCUT2D eigenvalue weighted by atomic mass is 32.2. The van der Waals surface area contributed by atoms with Crippen molar-refractivity contribution in [1.82, 2.24) is 30.2 Å². The van der Waals surface area contributed by atoms with Crippen molar-refractivity contribution in [2.24, 2.45) is 23.2 Å². The molecule has 59 heavy (non-hydrogen) atoms. The molecule has 2 bridgehead atoms. The van der Waals surface area contributed by atoms with Gasteiger partial charge in [-0.2, -0.15) is 5.26 Å². The summed E-state index contributed by atoms with van der Waals surface area (Å²) in [5.41, 5.74) is -1.31. The Hall–Kier alpha value is -4.66. The summed E-state index contributed by atoms with van der Waals surface area (Å²) < 4.78 is 67.8. The van der Waals surface area contributed by atoms with Gasteiger partial charge in [-0.05, 0) is 93.7 Å². The van der Waals surface area contributed by atoms with E-state index in [0.29, 0.717) is 41.1 Å². The number of halogens is 2. The van der Waals surface area contributed by atoms with E-state index in [2.05, 4.69) is 23.6 Å². The molecular formula is C41H53F2N7O8S. The highest BCUT2D eigenvalue weighted by Crippen LogP contribution is 2.49. The molecular weight excluding hydrogens is 789 g/mol. The van der Waals surface area contributed by atoms with Crippen LogP contribution in [0.15, 0.2) is 18.2 Å². The van der Waals surface area contributed by atoms with E-state index in [1.807, 2.05) is 4.72 Å². The summed E-state index contributed by atoms with van der Waals surface area (Å²) in [5, 5.41) is 14.8. The van der Waals surface area contributed by atoms with Gasteiger partial charge >= 0.3 is 6.09 Å². The number of ether oxygens (including phenoxy) is 2. The average Bonchev–Trinajstić information content (AvgIpc) is 4.02. The third kappa shape index (κ3) is 8.54. The molecule has 5 aliphatic rings. The number of nitrogens with zero attached hydrogens (tertiary/aromatic N) is 4. The van der Waals surface area contributed by atoms with Crippen LogP contribution in [0.25, 0.3) is 11.0 Å². The molecule has 2 aliphatic heterocycles. The highest BCUT2D eigenvalue weighted by Gasteiger charge is 2.67. The lowest BCUT2D eigenvalue weighted by Crippen LogP contribution is -2.60. The van der Waals surface area contributed by atoms with Crippen molar-refractivity contribution in [3.05, 3.63) is 29.5 Å². The number of rotatable bonds is 6. The molecule has 8 unspecified atom stereocenters. The second-order valence-electron chi connectivity index (χ2n) is 18.5. The Labute approximate surface area is 342 Å². The molecule has 7 rings (SSSR count). The molecule has 0 radical (unpaired) electrons. The van der Waals surface area contributed by atoms with Gasteiger partial charge in [0.05, 0.1) is 39.9 Å². The molecule has 2 aromatic rings. The molecule has 4 fully saturated rings. The van der Waals surface area contributed by atoms with Crippen molar-refractivity contribution in [3.63, 3.8) is 0 Å². The number of carbonyl (C=O) groups is 4. The van der Waals surface area contributed by atoms with Crippen LogP contribution in [0.3, 0.4) is 0 Å². The number of alkyl carbamates (subject to hydrolysis) is 1. The molecule has 3 N–H and O–H groups in total. The minimum Gasteiger partial charge on any atom is -0.471 e. The smallest absolute Gasteiger partial charge is 0.408 e. The largest absolute Gasteiger partial charge is 0.471 e. The number of alkyl halides is 2. The van der Waals surface area contributed by atoms with Crippen LogP contribution in [0.1, 0.15) is 110 Å². The summed E-state index contributed by atoms with van der Waals surface area (Å²) in [6.45, 7) is 8.61. The Morgan fingerprint density at radius 3 is 2.47 bits per heavy atom. The number of fused-ring (bicyclic) bond motifs is 5. The zero-order valence-corrected chi connectivity index (χ0v) is 34.9. The molecule has 3 aliphatic carbocycles. The minimum atomic E-state index is -4.25. The number of aryl methyl sites for hydroxylation is 1. The van der Waals surface area contributed by atoms with Crippen LogP contribution >= 0.6 is 0 Å². The van der Waals surface area contributed by atoms with Gasteiger partial charge in [0.15, 0.2) is 0 Å². The van der Waals surface area contributed by atoms with Gasteiger partial charge in [-0.15, -0.1) is 0 Å². The Bertz CT molecular complexity index is 2170. The molecule has 18 heteroatoms. The number of hydrogen-bond donors (Lipinski definition) is 3. The zero-order chi connectivity index (χ0) is 42.7. The fourth-order valence-corrected chi connectivity index (χ4v) is 10.2. The SMILES string of the molecule is CC1CCC2OC(=O)NC(C(C)(C)C)C(=O)N3CC(CC3C(=O)NC3(C(=O)NS(=O)(=O)C4(C)CC4)CC3C(F)F)Oc3nc4cc(C#N)ccc4nc3CCCCCC12. The fraction of sp³-hybridized carbons (Fsp3) is 0.683. The van der Waals surface area contributed by atoms with Crippen LogP contribution in [0.2, 0.25) is 0 Å². The van der Waals surface area contributed by atoms with Crippen LogP contribution in [0, 0.1) is 34.5 Å². The lowest BCUT2D eigenvalue weighted by Gasteiger charge is -2.35. The topological polar surface area (TPSA) is 210 Å². The van der Waals surface area contributed by atoms with Crippen LogP contribution in [0.4, 0.5) is 13.6 Å². The van der Waals surface area contributed by atoms with Crippen LogP contribution < -0.4 is 20.1 Å². The van der Waals surface area contributed by atoms with Crippen molar-refractivity contribution in [2.45, 2.75) is 146 Å². The predicted octanol–water partition coefficient (Wildman–Crippen LogP) is 4.66. The summed E-state index contributed by atoms with van der Waals surface area (Å²) in [7, 11) is -4.25. The van der Waals surface area contributed by atoms with E-state index in [-0.39, 0.29) is 43.7 Å². The maximum absolute atomic E-state index is 14.7. The molecule has 1 aromatic carbocycles. The summed E-state index contributed by atoms with van der Waals surface area (Å²) in [6, 6.07) is 4.40. The molecule has 8 atom stereocenters. The molecule has 3 saturated carbocycles. The lowest BCUT2D eigenvalue weighted by molar-refractivity contribution is -0.143. The summed E-state index contributed by atoms with van der Waals surface area (Å²) >= 11 is 0. The summed E-state index contributed by atoms with van der Waals surface area (Å²) in [6.07, 6.45) is 0.136. The van der Waals surface area contributed by atoms with Gasteiger partial charge in [0, 0.05) is 6.42 Å². The summed E-state index contributed by atoms with van der Waals surface area (Å²) in [4.78, 5) is 67.1. The number of nitriles is 1. The molecule has 1 saturated heterocycles. The number of hydrogen-bond acceptors (Lipinski definition) is 11. The van der Waals surface area contributed by atoms with Gasteiger partial charge in [0.2, 0.25) is 34.1 Å². The number of benzene rings is 1. The van der Waals surface area contributed by atoms with E-state index in [0.717, 1.165) is 32.1 Å². The second kappa shape index (κ2) is 15.7. The van der Waals surface area contributed by atoms with E-state index in [9.17, 15) is 41.6 Å². The normalized spacial score (nSPS) is 31.0. The zero-order valence-electron chi connectivity index (χ0n) is 34.1. The van der Waals surface area contributed by atoms with E-state index >= 15 is 0 Å². The molecule has 15 nitrogen and oxygen atoms in total. The Morgan fingerprint density at radius 1 is 1.07 bits per heavy atom. The standard InChI is InChI=1S/C41H53F2N7O8S/c1-22-11-14-31-25(22)9-7-6-8-10-28-35(46-29-17-23(20-44)12-13-27(29)45-28)57-24-18-30(50(21-24)36(52)32(39(2,3)4)47-38(54)58-31)34(51)48-41(19-26(41)33(42)43)37(53)49-59(55,56)40(5)15-16-40/h12-13,17,22,24-26,30-33H,6-11,14-16,18-19,21H2,1-5H3,(H,47,54)(H,48,51)(H,49,53). The van der Waals surface area contributed by atoms with Crippen LogP contribution in [-0.2, 0) is 35.6 Å². The first-order valence-corrected chi connectivity index (χ1v) is 22.1. The quantitative estimate of drug-likeness (QED) is 0.364. The van der Waals surface area contributed by atoms with Crippen molar-refractivity contribution in [1.29, 1.82) is 5.26 Å². The Morgan fingerprint density at radius 2 is 1.81 bits per heavy atom. The van der Waals surface area contributed by atoms with Crippen molar-refractivity contribution >= 4 is 44.9 Å². The van der Waals surface area contributed by atoms with Gasteiger partial charge in [-0.25, -0.2) is 32.0 Å². The first-order chi connectivity index (χ1) is 27.7. The molecule has 1 aromatic heterocycles. The van der Waals surface area contributed by atoms with E-state index in [1.54, 1.807) is 39.0 Å². The number of sulfonamides is 1. The third-order valence-corrected chi connectivity index (χ3v) is 15.2. The number of aromatic nitrogens is 2. The van der Waals surface area contributed by atoms with Crippen molar-refractivity contribution in [2.75, 3.05) is 6.54 Å². The van der Waals surface area contributed by atoms with E-state index in [1.165, 1.54) is 11.8 Å². The maximum atomic E-state index is 14.7. The third-order valence-electron chi connectivity index (χ3n) is 13.1. The number of nitrogens with one attached hydrogen (secondary N) is 3. The molecule has 320 valence electrons. The van der Waals surface area contributed by atoms with Gasteiger partial charge in [-0.1, -0.05) is 40.5 Å². The average molecular weight is 842 g/mol. The summed E-state index contributed by atoms with van der Waals surface area (Å²) in [5.74, 6) is -3.99. The number of amides is 4. The Kier molecular flexibility index (Phi) is 11.3. The molecule has 3 heterocycles. The van der Waals surface area contributed by atoms with E-state index in [4.69, 9.17) is 19.4 Å².